The van der Waals surface area contributed by atoms with Crippen LogP contribution >= 0.6 is 0 Å². The van der Waals surface area contributed by atoms with E-state index < -0.39 is 24.4 Å². The minimum absolute atomic E-state index is 0.0491. The summed E-state index contributed by atoms with van der Waals surface area (Å²) in [4.78, 5) is 15.1. The zero-order chi connectivity index (χ0) is 33.8. The summed E-state index contributed by atoms with van der Waals surface area (Å²) >= 11 is 0. The molecule has 0 aliphatic carbocycles. The van der Waals surface area contributed by atoms with Crippen molar-refractivity contribution < 1.29 is 29.4 Å². The van der Waals surface area contributed by atoms with E-state index in [1.165, 1.54) is 33.9 Å². The molecular formula is C39H52N3O5+. The first kappa shape index (κ1) is 34.8. The zero-order valence-corrected chi connectivity index (χ0v) is 28.5. The summed E-state index contributed by atoms with van der Waals surface area (Å²) in [5, 5.41) is 32.5. The topological polar surface area (TPSA) is 105 Å². The monoisotopic (exact) mass is 642 g/mol. The number of carbonyl (C=O) groups is 1. The number of ether oxygens (including phenoxy) is 1. The second-order valence-corrected chi connectivity index (χ2v) is 13.9. The van der Waals surface area contributed by atoms with Crippen LogP contribution in [0, 0.1) is 0 Å². The first-order chi connectivity index (χ1) is 22.5. The lowest BCUT2D eigenvalue weighted by atomic mass is 9.81. The molecule has 0 unspecified atom stereocenters. The molecule has 0 aromatic heterocycles. The number of anilines is 1. The van der Waals surface area contributed by atoms with Crippen LogP contribution in [-0.2, 0) is 20.4 Å². The van der Waals surface area contributed by atoms with Crippen molar-refractivity contribution in [3.8, 4) is 0 Å². The van der Waals surface area contributed by atoms with Crippen molar-refractivity contribution in [2.24, 2.45) is 0 Å². The number of aliphatic hydroxyl groups excluding tert-OH is 3. The van der Waals surface area contributed by atoms with Crippen molar-refractivity contribution in [2.45, 2.75) is 95.5 Å². The Hall–Kier alpha value is -3.56. The second-order valence-electron chi connectivity index (χ2n) is 13.9. The van der Waals surface area contributed by atoms with Gasteiger partial charge in [-0.05, 0) is 44.4 Å². The normalized spacial score (nSPS) is 25.6. The Kier molecular flexibility index (Phi) is 10.9. The molecule has 3 aliphatic rings. The van der Waals surface area contributed by atoms with Crippen LogP contribution in [0.25, 0.3) is 0 Å². The quantitative estimate of drug-likeness (QED) is 0.147. The third-order valence-electron chi connectivity index (χ3n) is 9.97. The van der Waals surface area contributed by atoms with Gasteiger partial charge < -0.3 is 30.3 Å². The van der Waals surface area contributed by atoms with Gasteiger partial charge in [-0.15, -0.1) is 0 Å². The van der Waals surface area contributed by atoms with Crippen LogP contribution in [0.4, 0.5) is 11.4 Å². The van der Waals surface area contributed by atoms with Crippen molar-refractivity contribution in [2.75, 3.05) is 31.2 Å². The van der Waals surface area contributed by atoms with Crippen LogP contribution in [0.5, 0.6) is 0 Å². The fourth-order valence-electron chi connectivity index (χ4n) is 7.35. The maximum Gasteiger partial charge on any atom is 0.220 e. The lowest BCUT2D eigenvalue weighted by molar-refractivity contribution is -0.438. The number of carbonyl (C=O) groups excluding carboxylic acids is 1. The highest BCUT2D eigenvalue weighted by Gasteiger charge is 2.44. The second kappa shape index (κ2) is 14.7. The molecule has 0 saturated carbocycles. The molecule has 252 valence electrons. The molecule has 1 amide bonds. The van der Waals surface area contributed by atoms with Crippen molar-refractivity contribution in [3.63, 3.8) is 0 Å². The maximum atomic E-state index is 12.7. The van der Waals surface area contributed by atoms with Gasteiger partial charge in [0.1, 0.15) is 24.9 Å². The number of nitrogens with zero attached hydrogens (tertiary/aromatic N) is 2. The number of unbranched alkanes of at least 4 members (excludes halogenated alkanes) is 1. The van der Waals surface area contributed by atoms with Gasteiger partial charge in [0.25, 0.3) is 0 Å². The first-order valence-electron chi connectivity index (χ1n) is 17.1. The standard InChI is InChI=1S/C39H51N3O5/c1-6-23-41-30-18-12-10-16-27(30)38(2,3)33(41)20-8-7-9-21-34-39(4,5)28-17-11-13-19-31(28)42(34)24-15-14-22-35(44)40-29-26-47-32(25-43)37(46)36(29)45/h7-13,16-21,29,32,36-37,43,45-46H,6,14-15,22-26H2,1-5H3/p+1/t29-,32+,36+,37+/m0/s1. The summed E-state index contributed by atoms with van der Waals surface area (Å²) in [6.07, 6.45) is 10.5. The molecule has 1 fully saturated rings. The number of rotatable bonds is 12. The molecular weight excluding hydrogens is 590 g/mol. The Morgan fingerprint density at radius 3 is 2.45 bits per heavy atom. The van der Waals surface area contributed by atoms with Gasteiger partial charge in [0, 0.05) is 53.9 Å². The zero-order valence-electron chi connectivity index (χ0n) is 28.5. The average molecular weight is 643 g/mol. The molecule has 1 saturated heterocycles. The summed E-state index contributed by atoms with van der Waals surface area (Å²) in [5.74, 6) is -0.191. The van der Waals surface area contributed by atoms with E-state index in [9.17, 15) is 20.1 Å². The smallest absolute Gasteiger partial charge is 0.220 e. The van der Waals surface area contributed by atoms with Crippen LogP contribution in [0.15, 0.2) is 84.6 Å². The van der Waals surface area contributed by atoms with Gasteiger partial charge in [0.05, 0.1) is 24.7 Å². The summed E-state index contributed by atoms with van der Waals surface area (Å²) in [7, 11) is 0. The van der Waals surface area contributed by atoms with Crippen molar-refractivity contribution >= 4 is 23.0 Å². The molecule has 0 spiro atoms. The van der Waals surface area contributed by atoms with Gasteiger partial charge in [0.15, 0.2) is 5.71 Å². The highest BCUT2D eigenvalue weighted by molar-refractivity contribution is 6.03. The number of hydrogen-bond acceptors (Lipinski definition) is 6. The van der Waals surface area contributed by atoms with Crippen molar-refractivity contribution in [1.82, 2.24) is 5.32 Å². The molecule has 2 aromatic carbocycles. The summed E-state index contributed by atoms with van der Waals surface area (Å²) in [6, 6.07) is 16.6. The molecule has 2 aromatic rings. The van der Waals surface area contributed by atoms with E-state index in [0.717, 1.165) is 25.9 Å². The third-order valence-corrected chi connectivity index (χ3v) is 9.97. The Labute approximate surface area is 279 Å². The van der Waals surface area contributed by atoms with E-state index in [1.807, 2.05) is 0 Å². The van der Waals surface area contributed by atoms with Gasteiger partial charge in [0.2, 0.25) is 11.6 Å². The minimum atomic E-state index is -1.24. The third kappa shape index (κ3) is 7.02. The Morgan fingerprint density at radius 1 is 0.979 bits per heavy atom. The lowest BCUT2D eigenvalue weighted by Gasteiger charge is -2.37. The molecule has 0 bridgehead atoms. The highest BCUT2D eigenvalue weighted by Crippen LogP contribution is 2.47. The Balaban J connectivity index is 1.26. The SMILES string of the molecule is CCCN1/C(=C/C=C/C=C/C2=[N+](CCCCC(=O)N[C@H]3CO[C@H](CO)[C@@H](O)[C@@H]3O)c3ccccc3C2(C)C)C(C)(C)c2ccccc21. The van der Waals surface area contributed by atoms with Gasteiger partial charge in [-0.1, -0.05) is 75.4 Å². The lowest BCUT2D eigenvalue weighted by Crippen LogP contribution is -2.59. The number of aliphatic hydroxyl groups is 3. The largest absolute Gasteiger partial charge is 0.394 e. The molecule has 3 heterocycles. The average Bonchev–Trinajstić information content (AvgIpc) is 3.40. The van der Waals surface area contributed by atoms with Crippen LogP contribution < -0.4 is 10.2 Å². The number of fused-ring (bicyclic) bond motifs is 2. The first-order valence-corrected chi connectivity index (χ1v) is 17.1. The molecule has 8 heteroatoms. The van der Waals surface area contributed by atoms with E-state index in [-0.39, 0.29) is 30.0 Å². The van der Waals surface area contributed by atoms with Crippen LogP contribution in [0.2, 0.25) is 0 Å². The van der Waals surface area contributed by atoms with Crippen LogP contribution in [0.1, 0.15) is 71.4 Å². The van der Waals surface area contributed by atoms with Crippen molar-refractivity contribution in [1.29, 1.82) is 0 Å². The predicted octanol–water partition coefficient (Wildman–Crippen LogP) is 5.03. The van der Waals surface area contributed by atoms with E-state index in [0.29, 0.717) is 12.8 Å². The van der Waals surface area contributed by atoms with Crippen molar-refractivity contribution in [3.05, 3.63) is 95.7 Å². The molecule has 5 rings (SSSR count). The number of allylic oxidation sites excluding steroid dienone is 6. The number of para-hydroxylation sites is 2. The van der Waals surface area contributed by atoms with E-state index in [4.69, 9.17) is 4.74 Å². The molecule has 3 aliphatic heterocycles. The van der Waals surface area contributed by atoms with Crippen LogP contribution in [0.3, 0.4) is 0 Å². The molecule has 4 N–H and O–H groups in total. The molecule has 47 heavy (non-hydrogen) atoms. The van der Waals surface area contributed by atoms with Gasteiger partial charge in [-0.3, -0.25) is 4.79 Å². The van der Waals surface area contributed by atoms with Gasteiger partial charge >= 0.3 is 0 Å². The summed E-state index contributed by atoms with van der Waals surface area (Å²) in [5.41, 5.74) is 7.45. The van der Waals surface area contributed by atoms with E-state index >= 15 is 0 Å². The summed E-state index contributed by atoms with van der Waals surface area (Å²) in [6.45, 7) is 12.8. The molecule has 4 atom stereocenters. The van der Waals surface area contributed by atoms with Gasteiger partial charge in [-0.25, -0.2) is 0 Å². The summed E-state index contributed by atoms with van der Waals surface area (Å²) < 4.78 is 7.77. The Bertz CT molecular complexity index is 1560. The minimum Gasteiger partial charge on any atom is -0.394 e. The Morgan fingerprint density at radius 2 is 1.70 bits per heavy atom. The van der Waals surface area contributed by atoms with E-state index in [1.54, 1.807) is 0 Å². The maximum absolute atomic E-state index is 12.7. The fraction of sp³-hybridized carbons (Fsp3) is 0.487. The number of hydrogen-bond donors (Lipinski definition) is 4. The van der Waals surface area contributed by atoms with Gasteiger partial charge in [-0.2, -0.15) is 4.58 Å². The number of nitrogens with one attached hydrogen (secondary N) is 1. The highest BCUT2D eigenvalue weighted by atomic mass is 16.5. The fourth-order valence-corrected chi connectivity index (χ4v) is 7.35. The van der Waals surface area contributed by atoms with E-state index in [2.05, 4.69) is 128 Å². The number of benzene rings is 2. The van der Waals surface area contributed by atoms with Crippen LogP contribution in [-0.4, -0.2) is 82.2 Å². The predicted molar refractivity (Wildman–Crippen MR) is 187 cm³/mol. The molecule has 8 nitrogen and oxygen atoms in total. The molecule has 0 radical (unpaired) electrons. The number of amides is 1.